The van der Waals surface area contributed by atoms with Crippen LogP contribution in [0.4, 0.5) is 0 Å². The highest BCUT2D eigenvalue weighted by Gasteiger charge is 2.33. The van der Waals surface area contributed by atoms with Gasteiger partial charge in [-0.2, -0.15) is 0 Å². The summed E-state index contributed by atoms with van der Waals surface area (Å²) in [5, 5.41) is 0. The van der Waals surface area contributed by atoms with Gasteiger partial charge in [0.1, 0.15) is 5.75 Å². The number of hydrogen-bond acceptors (Lipinski definition) is 3. The van der Waals surface area contributed by atoms with Gasteiger partial charge in [-0.1, -0.05) is 50.2 Å². The van der Waals surface area contributed by atoms with Crippen molar-refractivity contribution in [2.75, 3.05) is 20.3 Å². The zero-order chi connectivity index (χ0) is 15.6. The van der Waals surface area contributed by atoms with E-state index in [4.69, 9.17) is 14.0 Å². The first kappa shape index (κ1) is 15.1. The third kappa shape index (κ3) is 3.34. The molecule has 3 nitrogen and oxygen atoms in total. The molecule has 0 aromatic heterocycles. The number of benzene rings is 2. The van der Waals surface area contributed by atoms with Crippen LogP contribution < -0.4 is 10.2 Å². The molecule has 2 aromatic carbocycles. The first-order chi connectivity index (χ1) is 10.6. The highest BCUT2D eigenvalue weighted by molar-refractivity contribution is 6.61. The van der Waals surface area contributed by atoms with Crippen LogP contribution in [-0.4, -0.2) is 27.4 Å². The van der Waals surface area contributed by atoms with E-state index in [-0.39, 0.29) is 12.5 Å². The van der Waals surface area contributed by atoms with Gasteiger partial charge >= 0.3 is 7.12 Å². The van der Waals surface area contributed by atoms with Crippen LogP contribution >= 0.6 is 0 Å². The Hall–Kier alpha value is -1.78. The second-order valence-corrected chi connectivity index (χ2v) is 6.48. The molecule has 0 saturated carbocycles. The van der Waals surface area contributed by atoms with E-state index in [1.165, 1.54) is 0 Å². The van der Waals surface area contributed by atoms with Crippen molar-refractivity contribution in [1.82, 2.24) is 0 Å². The van der Waals surface area contributed by atoms with Gasteiger partial charge in [-0.05, 0) is 28.7 Å². The molecule has 0 radical (unpaired) electrons. The number of rotatable bonds is 3. The fourth-order valence-electron chi connectivity index (χ4n) is 2.55. The van der Waals surface area contributed by atoms with E-state index >= 15 is 0 Å². The second-order valence-electron chi connectivity index (χ2n) is 6.48. The average molecular weight is 296 g/mol. The summed E-state index contributed by atoms with van der Waals surface area (Å²) >= 11 is 0. The van der Waals surface area contributed by atoms with E-state index in [9.17, 15) is 0 Å². The van der Waals surface area contributed by atoms with Crippen LogP contribution in [0, 0.1) is 5.41 Å². The molecule has 0 bridgehead atoms. The lowest BCUT2D eigenvalue weighted by Crippen LogP contribution is -2.47. The monoisotopic (exact) mass is 296 g/mol. The van der Waals surface area contributed by atoms with Crippen LogP contribution in [0.5, 0.6) is 5.75 Å². The molecule has 0 N–H and O–H groups in total. The lowest BCUT2D eigenvalue weighted by Gasteiger charge is -2.33. The maximum absolute atomic E-state index is 5.87. The van der Waals surface area contributed by atoms with Gasteiger partial charge in [0, 0.05) is 18.6 Å². The quantitative estimate of drug-likeness (QED) is 0.814. The van der Waals surface area contributed by atoms with E-state index in [0.29, 0.717) is 13.2 Å². The third-order valence-electron chi connectivity index (χ3n) is 3.81. The molecular formula is C18H21BO3. The van der Waals surface area contributed by atoms with Crippen LogP contribution in [0.25, 0.3) is 11.1 Å². The van der Waals surface area contributed by atoms with Crippen LogP contribution in [0.2, 0.25) is 0 Å². The molecule has 0 spiro atoms. The van der Waals surface area contributed by atoms with Crippen LogP contribution in [-0.2, 0) is 9.31 Å². The molecule has 0 aliphatic carbocycles. The molecule has 0 amide bonds. The highest BCUT2D eigenvalue weighted by atomic mass is 16.6. The molecule has 114 valence electrons. The minimum atomic E-state index is -0.279. The lowest BCUT2D eigenvalue weighted by atomic mass is 9.75. The molecular weight excluding hydrogens is 275 g/mol. The topological polar surface area (TPSA) is 27.7 Å². The highest BCUT2D eigenvalue weighted by Crippen LogP contribution is 2.24. The minimum Gasteiger partial charge on any atom is -0.497 e. The van der Waals surface area contributed by atoms with Gasteiger partial charge in [-0.25, -0.2) is 0 Å². The normalized spacial score (nSPS) is 17.3. The summed E-state index contributed by atoms with van der Waals surface area (Å²) in [5.41, 5.74) is 3.39. The molecule has 1 heterocycles. The number of hydrogen-bond donors (Lipinski definition) is 0. The maximum Gasteiger partial charge on any atom is 0.493 e. The Morgan fingerprint density at radius 2 is 1.59 bits per heavy atom. The minimum absolute atomic E-state index is 0.0842. The molecule has 1 aliphatic heterocycles. The van der Waals surface area contributed by atoms with E-state index in [1.807, 2.05) is 30.3 Å². The summed E-state index contributed by atoms with van der Waals surface area (Å²) in [7, 11) is 1.40. The van der Waals surface area contributed by atoms with Crippen molar-refractivity contribution in [3.8, 4) is 16.9 Å². The van der Waals surface area contributed by atoms with Gasteiger partial charge in [0.25, 0.3) is 0 Å². The Bertz CT molecular complexity index is 644. The SMILES string of the molecule is COc1cccc(-c2cccc(B3OCC(C)(C)CO3)c2)c1. The van der Waals surface area contributed by atoms with Crippen LogP contribution in [0.3, 0.4) is 0 Å². The Kier molecular flexibility index (Phi) is 4.23. The molecule has 2 aromatic rings. The maximum atomic E-state index is 5.87. The Morgan fingerprint density at radius 1 is 0.955 bits per heavy atom. The van der Waals surface area contributed by atoms with Gasteiger partial charge in [0.2, 0.25) is 0 Å². The predicted octanol–water partition coefficient (Wildman–Crippen LogP) is 3.13. The van der Waals surface area contributed by atoms with Crippen molar-refractivity contribution in [2.24, 2.45) is 5.41 Å². The first-order valence-corrected chi connectivity index (χ1v) is 7.55. The Labute approximate surface area is 132 Å². The van der Waals surface area contributed by atoms with Crippen molar-refractivity contribution in [2.45, 2.75) is 13.8 Å². The third-order valence-corrected chi connectivity index (χ3v) is 3.81. The van der Waals surface area contributed by atoms with Crippen molar-refractivity contribution in [3.63, 3.8) is 0 Å². The predicted molar refractivity (Wildman–Crippen MR) is 89.5 cm³/mol. The van der Waals surface area contributed by atoms with E-state index in [0.717, 1.165) is 22.3 Å². The van der Waals surface area contributed by atoms with Gasteiger partial charge in [-0.3, -0.25) is 0 Å². The van der Waals surface area contributed by atoms with Gasteiger partial charge in [0.05, 0.1) is 7.11 Å². The molecule has 1 saturated heterocycles. The summed E-state index contributed by atoms with van der Waals surface area (Å²) in [6.45, 7) is 5.72. The van der Waals surface area contributed by atoms with E-state index < -0.39 is 0 Å². The fraction of sp³-hybridized carbons (Fsp3) is 0.333. The second kappa shape index (κ2) is 6.15. The molecule has 22 heavy (non-hydrogen) atoms. The van der Waals surface area contributed by atoms with Crippen molar-refractivity contribution >= 4 is 12.6 Å². The number of ether oxygens (including phenoxy) is 1. The van der Waals surface area contributed by atoms with Crippen molar-refractivity contribution < 1.29 is 14.0 Å². The Morgan fingerprint density at radius 3 is 2.27 bits per heavy atom. The molecule has 4 heteroatoms. The molecule has 1 fully saturated rings. The average Bonchev–Trinajstić information content (AvgIpc) is 2.55. The molecule has 0 unspecified atom stereocenters. The fourth-order valence-corrected chi connectivity index (χ4v) is 2.55. The van der Waals surface area contributed by atoms with Gasteiger partial charge < -0.3 is 14.0 Å². The first-order valence-electron chi connectivity index (χ1n) is 7.55. The largest absolute Gasteiger partial charge is 0.497 e. The molecule has 3 rings (SSSR count). The van der Waals surface area contributed by atoms with Crippen LogP contribution in [0.1, 0.15) is 13.8 Å². The smallest absolute Gasteiger partial charge is 0.493 e. The molecule has 1 aliphatic rings. The van der Waals surface area contributed by atoms with Crippen molar-refractivity contribution in [3.05, 3.63) is 48.5 Å². The lowest BCUT2D eigenvalue weighted by molar-refractivity contribution is 0.0343. The van der Waals surface area contributed by atoms with Crippen LogP contribution in [0.15, 0.2) is 48.5 Å². The summed E-state index contributed by atoms with van der Waals surface area (Å²) in [4.78, 5) is 0. The molecule has 0 atom stereocenters. The standard InChI is InChI=1S/C18H21BO3/c1-18(2)12-21-19(22-13-18)16-8-4-6-14(10-16)15-7-5-9-17(11-15)20-3/h4-11H,12-13H2,1-3H3. The Balaban J connectivity index is 1.83. The van der Waals surface area contributed by atoms with E-state index in [1.54, 1.807) is 7.11 Å². The van der Waals surface area contributed by atoms with Crippen molar-refractivity contribution in [1.29, 1.82) is 0 Å². The number of methoxy groups -OCH3 is 1. The summed E-state index contributed by atoms with van der Waals surface area (Å²) < 4.78 is 17.0. The van der Waals surface area contributed by atoms with Gasteiger partial charge in [-0.15, -0.1) is 0 Å². The summed E-state index contributed by atoms with van der Waals surface area (Å²) in [5.74, 6) is 0.856. The van der Waals surface area contributed by atoms with Gasteiger partial charge in [0.15, 0.2) is 0 Å². The van der Waals surface area contributed by atoms with E-state index in [2.05, 4.69) is 32.0 Å². The zero-order valence-corrected chi connectivity index (χ0v) is 13.3. The zero-order valence-electron chi connectivity index (χ0n) is 13.3. The summed E-state index contributed by atoms with van der Waals surface area (Å²) in [6, 6.07) is 16.4. The summed E-state index contributed by atoms with van der Waals surface area (Å²) in [6.07, 6.45) is 0.